The number of rotatable bonds is 4. The van der Waals surface area contributed by atoms with Crippen molar-refractivity contribution in [3.63, 3.8) is 0 Å². The average Bonchev–Trinajstić information content (AvgIpc) is 3.07. The maximum Gasteiger partial charge on any atom is 0.306 e. The van der Waals surface area contributed by atoms with Crippen molar-refractivity contribution in [3.8, 4) is 0 Å². The lowest BCUT2D eigenvalue weighted by molar-refractivity contribution is -0.142. The number of carbonyl (C=O) groups is 2. The summed E-state index contributed by atoms with van der Waals surface area (Å²) in [5.41, 5.74) is 0. The molecule has 1 heterocycles. The van der Waals surface area contributed by atoms with E-state index in [0.717, 1.165) is 38.3 Å². The zero-order valence-corrected chi connectivity index (χ0v) is 14.8. The predicted molar refractivity (Wildman–Crippen MR) is 90.6 cm³/mol. The molecule has 3 fully saturated rings. The van der Waals surface area contributed by atoms with Gasteiger partial charge in [-0.1, -0.05) is 6.92 Å². The Bertz CT molecular complexity index is 450. The van der Waals surface area contributed by atoms with Gasteiger partial charge in [0, 0.05) is 19.0 Å². The third-order valence-corrected chi connectivity index (χ3v) is 6.23. The van der Waals surface area contributed by atoms with Crippen molar-refractivity contribution in [2.24, 2.45) is 17.8 Å². The van der Waals surface area contributed by atoms with E-state index in [2.05, 4.69) is 6.92 Å². The maximum atomic E-state index is 12.6. The van der Waals surface area contributed by atoms with Crippen LogP contribution in [0.4, 0.5) is 0 Å². The lowest BCUT2D eigenvalue weighted by atomic mass is 9.88. The van der Waals surface area contributed by atoms with Gasteiger partial charge in [0.15, 0.2) is 0 Å². The van der Waals surface area contributed by atoms with Gasteiger partial charge in [-0.05, 0) is 63.7 Å². The number of nitrogens with zero attached hydrogens (tertiary/aromatic N) is 1. The van der Waals surface area contributed by atoms with E-state index >= 15 is 0 Å². The van der Waals surface area contributed by atoms with Gasteiger partial charge >= 0.3 is 5.97 Å². The van der Waals surface area contributed by atoms with E-state index in [0.29, 0.717) is 25.0 Å². The molecule has 2 saturated carbocycles. The molecule has 0 bridgehead atoms. The summed E-state index contributed by atoms with van der Waals surface area (Å²) < 4.78 is 6.27. The van der Waals surface area contributed by atoms with Crippen molar-refractivity contribution in [1.82, 2.24) is 4.90 Å². The van der Waals surface area contributed by atoms with Crippen molar-refractivity contribution < 1.29 is 19.4 Å². The molecule has 3 aliphatic rings. The first-order chi connectivity index (χ1) is 11.5. The molecule has 5 heteroatoms. The van der Waals surface area contributed by atoms with Crippen LogP contribution in [0.2, 0.25) is 0 Å². The molecule has 1 N–H and O–H groups in total. The van der Waals surface area contributed by atoms with Crippen molar-refractivity contribution in [2.75, 3.05) is 13.1 Å². The van der Waals surface area contributed by atoms with Crippen LogP contribution in [-0.2, 0) is 14.3 Å². The molecule has 2 aliphatic carbocycles. The maximum absolute atomic E-state index is 12.6. The minimum atomic E-state index is -0.751. The molecule has 0 aromatic heterocycles. The zero-order chi connectivity index (χ0) is 17.1. The van der Waals surface area contributed by atoms with Gasteiger partial charge in [0.05, 0.1) is 18.1 Å². The molecule has 1 saturated heterocycles. The third kappa shape index (κ3) is 4.29. The standard InChI is InChI=1S/C19H31NO4/c1-13-2-6-16(7-3-13)24-17-8-10-20(11-9-17)18(21)14-4-5-15(12-14)19(22)23/h13-17H,2-12H2,1H3,(H,22,23)/t13?,14-,15+,16?/m1/s1. The van der Waals surface area contributed by atoms with Gasteiger partial charge in [0.1, 0.15) is 0 Å². The van der Waals surface area contributed by atoms with Gasteiger partial charge in [-0.25, -0.2) is 0 Å². The first-order valence-electron chi connectivity index (χ1n) is 9.70. The van der Waals surface area contributed by atoms with Crippen molar-refractivity contribution >= 4 is 11.9 Å². The number of piperidine rings is 1. The van der Waals surface area contributed by atoms with Crippen molar-refractivity contribution in [2.45, 2.75) is 76.9 Å². The number of ether oxygens (including phenoxy) is 1. The summed E-state index contributed by atoms with van der Waals surface area (Å²) in [5, 5.41) is 9.09. The number of carboxylic acid groups (broad SMARTS) is 1. The predicted octanol–water partition coefficient (Wildman–Crippen LogP) is 3.07. The summed E-state index contributed by atoms with van der Waals surface area (Å²) in [6.07, 6.45) is 9.35. The second-order valence-corrected chi connectivity index (χ2v) is 8.09. The summed E-state index contributed by atoms with van der Waals surface area (Å²) in [6.45, 7) is 3.85. The van der Waals surface area contributed by atoms with Crippen LogP contribution in [0.25, 0.3) is 0 Å². The van der Waals surface area contributed by atoms with E-state index in [9.17, 15) is 9.59 Å². The van der Waals surface area contributed by atoms with Crippen LogP contribution < -0.4 is 0 Å². The first kappa shape index (κ1) is 17.7. The molecular weight excluding hydrogens is 306 g/mol. The van der Waals surface area contributed by atoms with E-state index in [-0.39, 0.29) is 17.7 Å². The van der Waals surface area contributed by atoms with E-state index in [1.165, 1.54) is 25.7 Å². The first-order valence-corrected chi connectivity index (χ1v) is 9.70. The Morgan fingerprint density at radius 1 is 0.875 bits per heavy atom. The van der Waals surface area contributed by atoms with Crippen LogP contribution >= 0.6 is 0 Å². The largest absolute Gasteiger partial charge is 0.481 e. The monoisotopic (exact) mass is 337 g/mol. The van der Waals surface area contributed by atoms with Crippen LogP contribution in [0.1, 0.15) is 64.7 Å². The molecule has 1 amide bonds. The molecular formula is C19H31NO4. The normalized spacial score (nSPS) is 35.1. The Kier molecular flexibility index (Phi) is 5.80. The fourth-order valence-corrected chi connectivity index (χ4v) is 4.54. The van der Waals surface area contributed by atoms with Gasteiger partial charge < -0.3 is 14.7 Å². The Labute approximate surface area is 144 Å². The van der Waals surface area contributed by atoms with Crippen LogP contribution in [0, 0.1) is 17.8 Å². The summed E-state index contributed by atoms with van der Waals surface area (Å²) >= 11 is 0. The summed E-state index contributed by atoms with van der Waals surface area (Å²) in [7, 11) is 0. The summed E-state index contributed by atoms with van der Waals surface area (Å²) in [5.74, 6) is -0.148. The molecule has 3 rings (SSSR count). The molecule has 0 aromatic carbocycles. The molecule has 0 aromatic rings. The fraction of sp³-hybridized carbons (Fsp3) is 0.895. The summed E-state index contributed by atoms with van der Waals surface area (Å²) in [6, 6.07) is 0. The van der Waals surface area contributed by atoms with Crippen LogP contribution in [-0.4, -0.2) is 47.2 Å². The number of aliphatic carboxylic acids is 1. The molecule has 0 radical (unpaired) electrons. The highest BCUT2D eigenvalue weighted by Gasteiger charge is 2.37. The Hall–Kier alpha value is -1.10. The average molecular weight is 337 g/mol. The Morgan fingerprint density at radius 3 is 2.04 bits per heavy atom. The van der Waals surface area contributed by atoms with Gasteiger partial charge in [0.25, 0.3) is 0 Å². The second kappa shape index (κ2) is 7.85. The number of amides is 1. The second-order valence-electron chi connectivity index (χ2n) is 8.09. The molecule has 0 unspecified atom stereocenters. The molecule has 1 aliphatic heterocycles. The van der Waals surface area contributed by atoms with E-state index in [1.807, 2.05) is 4.90 Å². The minimum Gasteiger partial charge on any atom is -0.481 e. The van der Waals surface area contributed by atoms with Crippen LogP contribution in [0.5, 0.6) is 0 Å². The highest BCUT2D eigenvalue weighted by Crippen LogP contribution is 2.33. The molecule has 136 valence electrons. The topological polar surface area (TPSA) is 66.8 Å². The van der Waals surface area contributed by atoms with Gasteiger partial charge in [-0.2, -0.15) is 0 Å². The quantitative estimate of drug-likeness (QED) is 0.856. The highest BCUT2D eigenvalue weighted by molar-refractivity contribution is 5.81. The summed E-state index contributed by atoms with van der Waals surface area (Å²) in [4.78, 5) is 25.6. The van der Waals surface area contributed by atoms with Crippen molar-refractivity contribution in [3.05, 3.63) is 0 Å². The fourth-order valence-electron chi connectivity index (χ4n) is 4.54. The van der Waals surface area contributed by atoms with Gasteiger partial charge in [-0.3, -0.25) is 9.59 Å². The number of carbonyl (C=O) groups excluding carboxylic acids is 1. The van der Waals surface area contributed by atoms with E-state index in [4.69, 9.17) is 9.84 Å². The molecule has 24 heavy (non-hydrogen) atoms. The number of likely N-dealkylation sites (tertiary alicyclic amines) is 1. The SMILES string of the molecule is CC1CCC(OC2CCN(C(=O)[C@@H]3CC[C@H](C(=O)O)C3)CC2)CC1. The van der Waals surface area contributed by atoms with Crippen LogP contribution in [0.15, 0.2) is 0 Å². The van der Waals surface area contributed by atoms with Crippen molar-refractivity contribution in [1.29, 1.82) is 0 Å². The Balaban J connectivity index is 1.40. The highest BCUT2D eigenvalue weighted by atomic mass is 16.5. The zero-order valence-electron chi connectivity index (χ0n) is 14.8. The molecule has 0 spiro atoms. The lowest BCUT2D eigenvalue weighted by Gasteiger charge is -2.36. The molecule has 2 atom stereocenters. The van der Waals surface area contributed by atoms with E-state index < -0.39 is 5.97 Å². The van der Waals surface area contributed by atoms with Crippen LogP contribution in [0.3, 0.4) is 0 Å². The third-order valence-electron chi connectivity index (χ3n) is 6.23. The van der Waals surface area contributed by atoms with Gasteiger partial charge in [-0.15, -0.1) is 0 Å². The minimum absolute atomic E-state index is 0.0802. The lowest BCUT2D eigenvalue weighted by Crippen LogP contribution is -2.44. The molecule has 5 nitrogen and oxygen atoms in total. The number of hydrogen-bond donors (Lipinski definition) is 1. The number of carboxylic acids is 1. The van der Waals surface area contributed by atoms with E-state index in [1.54, 1.807) is 0 Å². The van der Waals surface area contributed by atoms with Gasteiger partial charge in [0.2, 0.25) is 5.91 Å². The smallest absolute Gasteiger partial charge is 0.306 e. The Morgan fingerprint density at radius 2 is 1.46 bits per heavy atom. The number of hydrogen-bond acceptors (Lipinski definition) is 3.